The highest BCUT2D eigenvalue weighted by atomic mass is 32.2. The number of amides is 1. The lowest BCUT2D eigenvalue weighted by Crippen LogP contribution is -2.49. The maximum Gasteiger partial charge on any atom is 0.416 e. The number of anilines is 1. The second-order valence-electron chi connectivity index (χ2n) is 9.02. The number of fused-ring (bicyclic) bond motifs is 1. The van der Waals surface area contributed by atoms with E-state index in [0.717, 1.165) is 23.2 Å². The van der Waals surface area contributed by atoms with Gasteiger partial charge in [0.25, 0.3) is 5.91 Å². The smallest absolute Gasteiger partial charge is 0.379 e. The number of carbonyl (C=O) groups is 1. The molecular weight excluding hydrogens is 479 g/mol. The van der Waals surface area contributed by atoms with Gasteiger partial charge in [0, 0.05) is 24.4 Å². The number of aromatic nitrogens is 4. The lowest BCUT2D eigenvalue weighted by atomic mass is 9.76. The van der Waals surface area contributed by atoms with E-state index in [-0.39, 0.29) is 23.1 Å². The number of hydrogen-bond acceptors (Lipinski definition) is 6. The van der Waals surface area contributed by atoms with Crippen molar-refractivity contribution in [3.8, 4) is 0 Å². The van der Waals surface area contributed by atoms with E-state index in [0.29, 0.717) is 36.0 Å². The number of ether oxygens (including phenoxy) is 1. The predicted octanol–water partition coefficient (Wildman–Crippen LogP) is 4.32. The number of benzene rings is 1. The summed E-state index contributed by atoms with van der Waals surface area (Å²) in [6.45, 7) is 4.31. The minimum absolute atomic E-state index is 0.00854. The Balaban J connectivity index is 1.57. The number of halogens is 3. The molecule has 35 heavy (non-hydrogen) atoms. The molecule has 3 aromatic rings. The zero-order valence-corrected chi connectivity index (χ0v) is 20.3. The van der Waals surface area contributed by atoms with Gasteiger partial charge >= 0.3 is 6.18 Å². The van der Waals surface area contributed by atoms with E-state index in [1.54, 1.807) is 13.3 Å². The minimum atomic E-state index is -4.55. The van der Waals surface area contributed by atoms with Crippen molar-refractivity contribution < 1.29 is 22.7 Å². The molecule has 0 bridgehead atoms. The summed E-state index contributed by atoms with van der Waals surface area (Å²) in [5, 5.41) is 8.89. The van der Waals surface area contributed by atoms with Crippen molar-refractivity contribution in [1.82, 2.24) is 19.7 Å². The molecule has 0 atom stereocenters. The average Bonchev–Trinajstić information content (AvgIpc) is 3.32. The van der Waals surface area contributed by atoms with Crippen LogP contribution >= 0.6 is 11.8 Å². The molecule has 0 radical (unpaired) electrons. The first kappa shape index (κ1) is 23.8. The maximum atomic E-state index is 13.8. The van der Waals surface area contributed by atoms with E-state index >= 15 is 0 Å². The first-order valence-corrected chi connectivity index (χ1v) is 12.2. The zero-order valence-electron chi connectivity index (χ0n) is 19.5. The van der Waals surface area contributed by atoms with E-state index in [1.165, 1.54) is 22.7 Å². The van der Waals surface area contributed by atoms with E-state index in [1.807, 2.05) is 30.7 Å². The fraction of sp³-hybridized carbons (Fsp3) is 0.417. The van der Waals surface area contributed by atoms with Crippen LogP contribution in [0.1, 0.15) is 45.4 Å². The Labute approximate surface area is 204 Å². The number of aryl methyl sites for hydroxylation is 2. The molecule has 0 aliphatic carbocycles. The molecule has 2 aliphatic rings. The van der Waals surface area contributed by atoms with Gasteiger partial charge in [-0.1, -0.05) is 6.92 Å². The molecule has 0 spiro atoms. The van der Waals surface area contributed by atoms with Crippen LogP contribution < -0.4 is 4.90 Å². The number of rotatable bonds is 6. The number of pyridine rings is 1. The summed E-state index contributed by atoms with van der Waals surface area (Å²) in [6, 6.07) is 6.41. The number of nitrogens with zero attached hydrogens (tertiary/aromatic N) is 5. The highest BCUT2D eigenvalue weighted by Crippen LogP contribution is 2.42. The number of hydrogen-bond donors (Lipinski definition) is 0. The molecule has 2 aromatic heterocycles. The fourth-order valence-electron chi connectivity index (χ4n) is 4.64. The lowest BCUT2D eigenvalue weighted by molar-refractivity contribution is -0.138. The molecule has 184 valence electrons. The van der Waals surface area contributed by atoms with E-state index in [2.05, 4.69) is 15.2 Å². The van der Waals surface area contributed by atoms with Gasteiger partial charge in [-0.3, -0.25) is 9.69 Å². The monoisotopic (exact) mass is 503 g/mol. The van der Waals surface area contributed by atoms with Crippen LogP contribution in [-0.2, 0) is 36.3 Å². The Hall–Kier alpha value is -2.92. The van der Waals surface area contributed by atoms with Crippen LogP contribution in [0.3, 0.4) is 0 Å². The summed E-state index contributed by atoms with van der Waals surface area (Å²) in [6.07, 6.45) is -2.33. The summed E-state index contributed by atoms with van der Waals surface area (Å²) in [5.74, 6) is 1.42. The van der Waals surface area contributed by atoms with Crippen LogP contribution in [-0.4, -0.2) is 44.6 Å². The Morgan fingerprint density at radius 3 is 2.57 bits per heavy atom. The van der Waals surface area contributed by atoms with Crippen molar-refractivity contribution in [3.05, 3.63) is 64.2 Å². The summed E-state index contributed by atoms with van der Waals surface area (Å²) in [5.41, 5.74) is 0.230. The summed E-state index contributed by atoms with van der Waals surface area (Å²) in [4.78, 5) is 19.3. The van der Waals surface area contributed by atoms with E-state index in [9.17, 15) is 18.0 Å². The van der Waals surface area contributed by atoms with Gasteiger partial charge in [0.05, 0.1) is 30.3 Å². The van der Waals surface area contributed by atoms with Gasteiger partial charge in [-0.25, -0.2) is 4.98 Å². The van der Waals surface area contributed by atoms with Crippen molar-refractivity contribution >= 4 is 23.5 Å². The first-order chi connectivity index (χ1) is 16.6. The highest BCUT2D eigenvalue weighted by molar-refractivity contribution is 7.99. The molecule has 2 aliphatic heterocycles. The third kappa shape index (κ3) is 4.20. The topological polar surface area (TPSA) is 73.1 Å². The second-order valence-corrected chi connectivity index (χ2v) is 10.3. The zero-order chi connectivity index (χ0) is 25.0. The van der Waals surface area contributed by atoms with Crippen LogP contribution in [0.4, 0.5) is 19.0 Å². The average molecular weight is 504 g/mol. The molecule has 4 heterocycles. The Morgan fingerprint density at radius 1 is 1.20 bits per heavy atom. The summed E-state index contributed by atoms with van der Waals surface area (Å²) >= 11 is 1.52. The standard InChI is InChI=1S/C24H24F3N5O2S/c1-4-35-21-8-15(23(11-34-12-23)9-20-30-28-13-31(20)3)7-19(29-21)32-10-17-16(22(32)33)5-14(2)6-18(17)24(25,26)27/h5-8,13H,4,9-12H2,1-3H3. The van der Waals surface area contributed by atoms with Crippen molar-refractivity contribution in [3.63, 3.8) is 0 Å². The molecule has 0 N–H and O–H groups in total. The molecule has 11 heteroatoms. The quantitative estimate of drug-likeness (QED) is 0.467. The van der Waals surface area contributed by atoms with Crippen LogP contribution in [0.2, 0.25) is 0 Å². The Bertz CT molecular complexity index is 1300. The number of carbonyl (C=O) groups excluding carboxylic acids is 1. The predicted molar refractivity (Wildman–Crippen MR) is 125 cm³/mol. The lowest BCUT2D eigenvalue weighted by Gasteiger charge is -2.42. The molecule has 1 saturated heterocycles. The molecule has 1 fully saturated rings. The summed E-state index contributed by atoms with van der Waals surface area (Å²) in [7, 11) is 1.87. The van der Waals surface area contributed by atoms with Crippen LogP contribution in [0.25, 0.3) is 0 Å². The largest absolute Gasteiger partial charge is 0.416 e. The Kier molecular flexibility index (Phi) is 5.87. The second kappa shape index (κ2) is 8.63. The summed E-state index contributed by atoms with van der Waals surface area (Å²) < 4.78 is 48.7. The third-order valence-corrected chi connectivity index (χ3v) is 7.31. The minimum Gasteiger partial charge on any atom is -0.379 e. The molecule has 1 aromatic carbocycles. The van der Waals surface area contributed by atoms with Gasteiger partial charge < -0.3 is 9.30 Å². The Morgan fingerprint density at radius 2 is 1.97 bits per heavy atom. The van der Waals surface area contributed by atoms with Crippen LogP contribution in [0, 0.1) is 6.92 Å². The molecular formula is C24H24F3N5O2S. The fourth-order valence-corrected chi connectivity index (χ4v) is 5.30. The molecule has 0 unspecified atom stereocenters. The number of thioether (sulfide) groups is 1. The van der Waals surface area contributed by atoms with E-state index in [4.69, 9.17) is 4.74 Å². The van der Waals surface area contributed by atoms with Gasteiger partial charge in [-0.2, -0.15) is 13.2 Å². The number of alkyl halides is 3. The van der Waals surface area contributed by atoms with E-state index < -0.39 is 17.6 Å². The normalized spacial score (nSPS) is 17.0. The van der Waals surface area contributed by atoms with Crippen molar-refractivity contribution in [2.75, 3.05) is 23.9 Å². The van der Waals surface area contributed by atoms with Crippen LogP contribution in [0.15, 0.2) is 35.6 Å². The van der Waals surface area contributed by atoms with Crippen molar-refractivity contribution in [2.45, 2.75) is 43.4 Å². The first-order valence-electron chi connectivity index (χ1n) is 11.2. The van der Waals surface area contributed by atoms with Gasteiger partial charge in [-0.15, -0.1) is 22.0 Å². The van der Waals surface area contributed by atoms with Crippen molar-refractivity contribution in [1.29, 1.82) is 0 Å². The van der Waals surface area contributed by atoms with Gasteiger partial charge in [0.1, 0.15) is 18.0 Å². The third-order valence-electron chi connectivity index (χ3n) is 6.52. The van der Waals surface area contributed by atoms with Gasteiger partial charge in [-0.05, 0) is 53.6 Å². The maximum absolute atomic E-state index is 13.8. The van der Waals surface area contributed by atoms with Crippen LogP contribution in [0.5, 0.6) is 0 Å². The molecule has 7 nitrogen and oxygen atoms in total. The highest BCUT2D eigenvalue weighted by Gasteiger charge is 2.44. The molecule has 5 rings (SSSR count). The molecule has 0 saturated carbocycles. The van der Waals surface area contributed by atoms with Gasteiger partial charge in [0.15, 0.2) is 0 Å². The van der Waals surface area contributed by atoms with Gasteiger partial charge in [0.2, 0.25) is 0 Å². The SMILES string of the molecule is CCSc1cc(C2(Cc3nncn3C)COC2)cc(N2Cc3c(cc(C)cc3C(F)(F)F)C2=O)n1. The molecule has 1 amide bonds. The van der Waals surface area contributed by atoms with Crippen molar-refractivity contribution in [2.24, 2.45) is 7.05 Å².